The summed E-state index contributed by atoms with van der Waals surface area (Å²) in [6.07, 6.45) is -0.877. The Hall–Kier alpha value is -2.67. The molecule has 2 aromatic carbocycles. The summed E-state index contributed by atoms with van der Waals surface area (Å²) >= 11 is 0. The zero-order valence-corrected chi connectivity index (χ0v) is 17.1. The van der Waals surface area contributed by atoms with Crippen molar-refractivity contribution in [3.05, 3.63) is 71.8 Å². The molecule has 2 atom stereocenters. The average molecular weight is 418 g/mol. The van der Waals surface area contributed by atoms with Crippen molar-refractivity contribution in [1.29, 1.82) is 0 Å². The van der Waals surface area contributed by atoms with Crippen molar-refractivity contribution in [3.8, 4) is 0 Å². The molecule has 3 N–H and O–H groups in total. The van der Waals surface area contributed by atoms with Crippen LogP contribution in [0.4, 0.5) is 4.79 Å². The van der Waals surface area contributed by atoms with Gasteiger partial charge in [-0.05, 0) is 24.5 Å². The first-order valence-corrected chi connectivity index (χ1v) is 11.0. The second kappa shape index (κ2) is 11.4. The van der Waals surface area contributed by atoms with Crippen LogP contribution in [-0.4, -0.2) is 30.9 Å². The summed E-state index contributed by atoms with van der Waals surface area (Å²) < 4.78 is 17.0. The van der Waals surface area contributed by atoms with E-state index in [2.05, 4.69) is 15.7 Å². The lowest BCUT2D eigenvalue weighted by Crippen LogP contribution is -2.44. The van der Waals surface area contributed by atoms with Crippen LogP contribution in [0.15, 0.2) is 60.7 Å². The summed E-state index contributed by atoms with van der Waals surface area (Å²) in [6, 6.07) is 17.7. The number of nitrogens with one attached hydrogen (secondary N) is 3. The van der Waals surface area contributed by atoms with Crippen LogP contribution >= 0.6 is 7.52 Å². The summed E-state index contributed by atoms with van der Waals surface area (Å²) in [5.74, 6) is -0.441. The van der Waals surface area contributed by atoms with Gasteiger partial charge in [0.05, 0.1) is 19.8 Å². The van der Waals surface area contributed by atoms with Crippen LogP contribution in [0, 0.1) is 0 Å². The van der Waals surface area contributed by atoms with E-state index >= 15 is 0 Å². The van der Waals surface area contributed by atoms with Crippen LogP contribution in [0.1, 0.15) is 18.1 Å². The molecule has 0 aliphatic rings. The van der Waals surface area contributed by atoms with E-state index in [4.69, 9.17) is 4.74 Å². The highest BCUT2D eigenvalue weighted by Crippen LogP contribution is 2.28. The topological polar surface area (TPSA) is 120 Å². The lowest BCUT2D eigenvalue weighted by atomic mass is 10.1. The Labute approximate surface area is 170 Å². The summed E-state index contributed by atoms with van der Waals surface area (Å²) in [7, 11) is -4.22. The molecule has 156 valence electrons. The number of hydrogen-bond acceptors (Lipinski definition) is 5. The van der Waals surface area contributed by atoms with Crippen LogP contribution < -0.4 is 20.6 Å². The Morgan fingerprint density at radius 2 is 1.59 bits per heavy atom. The molecule has 0 fully saturated rings. The minimum atomic E-state index is -4.22. The zero-order chi connectivity index (χ0) is 21.1. The van der Waals surface area contributed by atoms with Gasteiger partial charge in [-0.25, -0.2) is 4.79 Å². The Bertz CT molecular complexity index is 833. The maximum Gasteiger partial charge on any atom is 0.407 e. The van der Waals surface area contributed by atoms with Crippen LogP contribution in [-0.2, 0) is 27.1 Å². The number of carbonyl (C=O) groups excluding carboxylic acids is 2. The van der Waals surface area contributed by atoms with Crippen LogP contribution in [0.25, 0.3) is 0 Å². The molecule has 0 spiro atoms. The molecule has 0 bridgehead atoms. The largest absolute Gasteiger partial charge is 0.787 e. The number of amides is 2. The van der Waals surface area contributed by atoms with Crippen molar-refractivity contribution in [2.24, 2.45) is 0 Å². The smallest absolute Gasteiger partial charge is 0.407 e. The molecule has 0 aromatic heterocycles. The third kappa shape index (κ3) is 8.91. The average Bonchev–Trinajstić information content (AvgIpc) is 2.72. The Morgan fingerprint density at radius 3 is 2.21 bits per heavy atom. The Balaban J connectivity index is 1.67. The van der Waals surface area contributed by atoms with Crippen molar-refractivity contribution in [1.82, 2.24) is 15.7 Å². The van der Waals surface area contributed by atoms with Gasteiger partial charge in [0.25, 0.3) is 0 Å². The molecule has 9 heteroatoms. The molecule has 2 aromatic rings. The van der Waals surface area contributed by atoms with E-state index in [9.17, 15) is 19.0 Å². The van der Waals surface area contributed by atoms with Gasteiger partial charge in [-0.2, -0.15) is 0 Å². The maximum atomic E-state index is 12.1. The highest BCUT2D eigenvalue weighted by Gasteiger charge is 2.19. The molecule has 0 saturated heterocycles. The van der Waals surface area contributed by atoms with Gasteiger partial charge in [0, 0.05) is 6.54 Å². The fraction of sp³-hybridized carbons (Fsp3) is 0.300. The SMILES string of the molecule is C[C@H](NP(=O)([O-])CNC(=O)OCc1ccccc1)C(=O)NCCc1ccccc1. The quantitative estimate of drug-likeness (QED) is 0.506. The molecule has 29 heavy (non-hydrogen) atoms. The van der Waals surface area contributed by atoms with Gasteiger partial charge in [0.15, 0.2) is 0 Å². The molecular weight excluding hydrogens is 393 g/mol. The van der Waals surface area contributed by atoms with E-state index in [0.717, 1.165) is 11.1 Å². The highest BCUT2D eigenvalue weighted by atomic mass is 31.2. The van der Waals surface area contributed by atoms with Gasteiger partial charge in [-0.15, -0.1) is 0 Å². The van der Waals surface area contributed by atoms with Crippen LogP contribution in [0.3, 0.4) is 0 Å². The monoisotopic (exact) mass is 418 g/mol. The van der Waals surface area contributed by atoms with Crippen molar-refractivity contribution in [2.45, 2.75) is 26.0 Å². The maximum absolute atomic E-state index is 12.1. The summed E-state index contributed by atoms with van der Waals surface area (Å²) in [6.45, 7) is 1.86. The predicted octanol–water partition coefficient (Wildman–Crippen LogP) is 1.76. The van der Waals surface area contributed by atoms with Gasteiger partial charge in [0.2, 0.25) is 5.91 Å². The van der Waals surface area contributed by atoms with E-state index in [-0.39, 0.29) is 6.61 Å². The van der Waals surface area contributed by atoms with Crippen molar-refractivity contribution < 1.29 is 23.8 Å². The van der Waals surface area contributed by atoms with Gasteiger partial charge in [0.1, 0.15) is 6.61 Å². The summed E-state index contributed by atoms with van der Waals surface area (Å²) in [4.78, 5) is 35.8. The lowest BCUT2D eigenvalue weighted by molar-refractivity contribution is -0.179. The van der Waals surface area contributed by atoms with Gasteiger partial charge >= 0.3 is 6.09 Å². The van der Waals surface area contributed by atoms with E-state index in [0.29, 0.717) is 13.0 Å². The lowest BCUT2D eigenvalue weighted by Gasteiger charge is -2.27. The number of rotatable bonds is 10. The number of ether oxygens (including phenoxy) is 1. The van der Waals surface area contributed by atoms with E-state index < -0.39 is 31.8 Å². The first kappa shape index (κ1) is 22.6. The van der Waals surface area contributed by atoms with Crippen molar-refractivity contribution in [2.75, 3.05) is 12.8 Å². The van der Waals surface area contributed by atoms with E-state index in [1.165, 1.54) is 6.92 Å². The van der Waals surface area contributed by atoms with Gasteiger partial charge in [-0.1, -0.05) is 60.7 Å². The molecule has 0 radical (unpaired) electrons. The number of alkyl carbamates (subject to hydrolysis) is 1. The minimum absolute atomic E-state index is 0.0312. The van der Waals surface area contributed by atoms with Crippen molar-refractivity contribution >= 4 is 19.5 Å². The minimum Gasteiger partial charge on any atom is -0.787 e. The molecule has 0 aliphatic heterocycles. The first-order valence-electron chi connectivity index (χ1n) is 9.20. The molecule has 2 amide bonds. The second-order valence-electron chi connectivity index (χ2n) is 6.45. The number of carbonyl (C=O) groups is 2. The molecule has 0 saturated carbocycles. The summed E-state index contributed by atoms with van der Waals surface area (Å²) in [5.41, 5.74) is 1.85. The normalized spacial score (nSPS) is 13.7. The van der Waals surface area contributed by atoms with Gasteiger partial charge in [-0.3, -0.25) is 9.88 Å². The molecule has 8 nitrogen and oxygen atoms in total. The molecule has 0 aliphatic carbocycles. The van der Waals surface area contributed by atoms with E-state index in [1.807, 2.05) is 36.4 Å². The standard InChI is InChI=1S/C20H26N3O5P/c1-16(19(24)21-13-12-17-8-4-2-5-9-17)23-29(26,27)15-22-20(25)28-14-18-10-6-3-7-11-18/h2-11,16H,12-15H2,1H3,(H,21,24)(H,22,25)(H2,23,26,27)/p-1/t16-/m0/s1. The molecule has 1 unspecified atom stereocenters. The van der Waals surface area contributed by atoms with Crippen molar-refractivity contribution in [3.63, 3.8) is 0 Å². The number of hydrogen-bond donors (Lipinski definition) is 3. The van der Waals surface area contributed by atoms with E-state index in [1.54, 1.807) is 24.3 Å². The zero-order valence-electron chi connectivity index (χ0n) is 16.2. The Kier molecular flexibility index (Phi) is 8.86. The van der Waals surface area contributed by atoms with Crippen LogP contribution in [0.5, 0.6) is 0 Å². The number of benzene rings is 2. The molecule has 0 heterocycles. The van der Waals surface area contributed by atoms with Crippen LogP contribution in [0.2, 0.25) is 0 Å². The fourth-order valence-electron chi connectivity index (χ4n) is 2.47. The fourth-order valence-corrected chi connectivity index (χ4v) is 3.61. The second-order valence-corrected chi connectivity index (χ2v) is 8.37. The summed E-state index contributed by atoms with van der Waals surface area (Å²) in [5, 5.41) is 7.11. The highest BCUT2D eigenvalue weighted by molar-refractivity contribution is 7.54. The first-order chi connectivity index (χ1) is 13.9. The predicted molar refractivity (Wildman–Crippen MR) is 108 cm³/mol. The third-order valence-electron chi connectivity index (χ3n) is 3.98. The Morgan fingerprint density at radius 1 is 1.00 bits per heavy atom. The molecular formula is C20H25N3O5P-. The third-order valence-corrected chi connectivity index (χ3v) is 5.34. The van der Waals surface area contributed by atoms with Gasteiger partial charge < -0.3 is 24.8 Å². The molecule has 2 rings (SSSR count).